The van der Waals surface area contributed by atoms with E-state index in [1.165, 1.54) is 0 Å². The number of benzene rings is 1. The fourth-order valence-electron chi connectivity index (χ4n) is 2.72. The van der Waals surface area contributed by atoms with Gasteiger partial charge < -0.3 is 15.2 Å². The number of ether oxygens (including phenoxy) is 1. The van der Waals surface area contributed by atoms with E-state index in [9.17, 15) is 9.90 Å². The third-order valence-corrected chi connectivity index (χ3v) is 4.19. The van der Waals surface area contributed by atoms with Crippen LogP contribution >= 0.6 is 0 Å². The molecule has 1 amide bonds. The number of aliphatic hydroxyl groups is 1. The van der Waals surface area contributed by atoms with Crippen molar-refractivity contribution in [3.05, 3.63) is 35.4 Å². The molecule has 0 radical (unpaired) electrons. The number of hydrogen-bond donors (Lipinski definition) is 2. The van der Waals surface area contributed by atoms with Crippen LogP contribution in [-0.4, -0.2) is 60.4 Å². The lowest BCUT2D eigenvalue weighted by molar-refractivity contribution is 0.0159. The second-order valence-corrected chi connectivity index (χ2v) is 6.81. The van der Waals surface area contributed by atoms with Gasteiger partial charge in [0.05, 0.1) is 13.2 Å². The van der Waals surface area contributed by atoms with Crippen LogP contribution in [0.25, 0.3) is 0 Å². The van der Waals surface area contributed by atoms with E-state index in [0.29, 0.717) is 18.2 Å². The third kappa shape index (κ3) is 6.50. The quantitative estimate of drug-likeness (QED) is 0.798. The minimum absolute atomic E-state index is 0.0753. The van der Waals surface area contributed by atoms with Gasteiger partial charge in [-0.25, -0.2) is 0 Å². The van der Waals surface area contributed by atoms with E-state index in [4.69, 9.17) is 4.74 Å². The van der Waals surface area contributed by atoms with Crippen molar-refractivity contribution in [2.45, 2.75) is 38.8 Å². The summed E-state index contributed by atoms with van der Waals surface area (Å²) in [4.78, 5) is 14.7. The van der Waals surface area contributed by atoms with Gasteiger partial charge in [0.15, 0.2) is 0 Å². The van der Waals surface area contributed by atoms with E-state index in [1.54, 1.807) is 38.1 Å². The average Bonchev–Trinajstić information content (AvgIpc) is 2.61. The highest BCUT2D eigenvalue weighted by molar-refractivity contribution is 5.94. The first kappa shape index (κ1) is 19.5. The zero-order valence-electron chi connectivity index (χ0n) is 15.3. The Morgan fingerprint density at radius 2 is 1.96 bits per heavy atom. The molecule has 0 aromatic heterocycles. The van der Waals surface area contributed by atoms with Crippen LogP contribution < -0.4 is 5.32 Å². The zero-order valence-corrected chi connectivity index (χ0v) is 15.3. The van der Waals surface area contributed by atoms with Crippen LogP contribution in [0.15, 0.2) is 24.3 Å². The molecule has 1 aromatic carbocycles. The van der Waals surface area contributed by atoms with E-state index in [1.807, 2.05) is 0 Å². The number of morpholine rings is 1. The molecule has 1 saturated heterocycles. The molecule has 1 heterocycles. The van der Waals surface area contributed by atoms with Crippen LogP contribution in [-0.2, 0) is 4.74 Å². The van der Waals surface area contributed by atoms with Gasteiger partial charge in [-0.2, -0.15) is 0 Å². The summed E-state index contributed by atoms with van der Waals surface area (Å²) in [5, 5.41) is 12.7. The van der Waals surface area contributed by atoms with Gasteiger partial charge in [-0.1, -0.05) is 18.8 Å². The summed E-state index contributed by atoms with van der Waals surface area (Å²) in [6.45, 7) is 9.42. The molecule has 1 fully saturated rings. The lowest BCUT2D eigenvalue weighted by atomic mass is 10.1. The minimum atomic E-state index is -1.02. The molecule has 0 spiro atoms. The Balaban J connectivity index is 1.90. The molecule has 1 unspecified atom stereocenters. The second kappa shape index (κ2) is 9.00. The summed E-state index contributed by atoms with van der Waals surface area (Å²) < 4.78 is 5.39. The SMILES string of the molecule is CCC(CNC(=O)c1ccc(C#CC(C)(C)O)cc1)N1CCOCC1. The number of rotatable bonds is 5. The molecule has 0 saturated carbocycles. The fraction of sp³-hybridized carbons (Fsp3) is 0.550. The fourth-order valence-corrected chi connectivity index (χ4v) is 2.72. The monoisotopic (exact) mass is 344 g/mol. The summed E-state index contributed by atoms with van der Waals surface area (Å²) in [6.07, 6.45) is 0.992. The molecule has 1 aliphatic heterocycles. The number of nitrogens with one attached hydrogen (secondary N) is 1. The van der Waals surface area contributed by atoms with Gasteiger partial charge in [0.2, 0.25) is 0 Å². The number of carbonyl (C=O) groups excluding carboxylic acids is 1. The van der Waals surface area contributed by atoms with Gasteiger partial charge in [0.25, 0.3) is 5.91 Å². The Morgan fingerprint density at radius 3 is 2.52 bits per heavy atom. The van der Waals surface area contributed by atoms with Gasteiger partial charge in [-0.15, -0.1) is 0 Å². The first-order valence-electron chi connectivity index (χ1n) is 8.84. The lowest BCUT2D eigenvalue weighted by Crippen LogP contribution is -2.48. The predicted molar refractivity (Wildman–Crippen MR) is 98.4 cm³/mol. The Morgan fingerprint density at radius 1 is 1.32 bits per heavy atom. The molecule has 2 N–H and O–H groups in total. The first-order chi connectivity index (χ1) is 11.9. The Labute approximate surface area is 150 Å². The van der Waals surface area contributed by atoms with Gasteiger partial charge in [-0.3, -0.25) is 9.69 Å². The highest BCUT2D eigenvalue weighted by Crippen LogP contribution is 2.08. The van der Waals surface area contributed by atoms with Crippen molar-refractivity contribution in [1.29, 1.82) is 0 Å². The van der Waals surface area contributed by atoms with Crippen molar-refractivity contribution in [3.8, 4) is 11.8 Å². The molecule has 1 atom stereocenters. The van der Waals surface area contributed by atoms with Crippen LogP contribution in [0, 0.1) is 11.8 Å². The Bertz CT molecular complexity index is 617. The van der Waals surface area contributed by atoms with Crippen molar-refractivity contribution in [3.63, 3.8) is 0 Å². The highest BCUT2D eigenvalue weighted by Gasteiger charge is 2.20. The van der Waals surface area contributed by atoms with E-state index in [0.717, 1.165) is 38.3 Å². The maximum Gasteiger partial charge on any atom is 0.251 e. The average molecular weight is 344 g/mol. The molecule has 0 bridgehead atoms. The van der Waals surface area contributed by atoms with Crippen molar-refractivity contribution in [2.24, 2.45) is 0 Å². The number of carbonyl (C=O) groups is 1. The Hall–Kier alpha value is -1.87. The highest BCUT2D eigenvalue weighted by atomic mass is 16.5. The Kier molecular flexibility index (Phi) is 7.01. The van der Waals surface area contributed by atoms with Crippen LogP contribution in [0.4, 0.5) is 0 Å². The molecule has 5 heteroatoms. The largest absolute Gasteiger partial charge is 0.379 e. The summed E-state index contributed by atoms with van der Waals surface area (Å²) >= 11 is 0. The second-order valence-electron chi connectivity index (χ2n) is 6.81. The summed E-state index contributed by atoms with van der Waals surface area (Å²) in [5.41, 5.74) is 0.370. The van der Waals surface area contributed by atoms with E-state index < -0.39 is 5.60 Å². The number of amides is 1. The standard InChI is InChI=1S/C20H28N2O3/c1-4-18(22-11-13-25-14-12-22)15-21-19(23)17-7-5-16(6-8-17)9-10-20(2,3)24/h5-8,18,24H,4,11-15H2,1-3H3,(H,21,23). The van der Waals surface area contributed by atoms with Crippen molar-refractivity contribution in [1.82, 2.24) is 10.2 Å². The lowest BCUT2D eigenvalue weighted by Gasteiger charge is -2.34. The molecular weight excluding hydrogens is 316 g/mol. The van der Waals surface area contributed by atoms with Crippen molar-refractivity contribution < 1.29 is 14.6 Å². The molecule has 25 heavy (non-hydrogen) atoms. The van der Waals surface area contributed by atoms with Crippen LogP contribution in [0.3, 0.4) is 0 Å². The molecule has 5 nitrogen and oxygen atoms in total. The maximum absolute atomic E-state index is 12.3. The zero-order chi connectivity index (χ0) is 18.3. The predicted octanol–water partition coefficient (Wildman–Crippen LogP) is 1.65. The summed E-state index contributed by atoms with van der Waals surface area (Å²) in [6, 6.07) is 7.46. The van der Waals surface area contributed by atoms with Crippen LogP contribution in [0.5, 0.6) is 0 Å². The van der Waals surface area contributed by atoms with Gasteiger partial charge >= 0.3 is 0 Å². The third-order valence-electron chi connectivity index (χ3n) is 4.19. The molecule has 136 valence electrons. The smallest absolute Gasteiger partial charge is 0.251 e. The maximum atomic E-state index is 12.3. The molecular formula is C20H28N2O3. The topological polar surface area (TPSA) is 61.8 Å². The van der Waals surface area contributed by atoms with E-state index in [2.05, 4.69) is 29.0 Å². The number of hydrogen-bond acceptors (Lipinski definition) is 4. The normalized spacial score (nSPS) is 16.6. The van der Waals surface area contributed by atoms with Crippen molar-refractivity contribution >= 4 is 5.91 Å². The van der Waals surface area contributed by atoms with E-state index >= 15 is 0 Å². The first-order valence-corrected chi connectivity index (χ1v) is 8.84. The molecule has 1 aliphatic rings. The van der Waals surface area contributed by atoms with Gasteiger partial charge in [0, 0.05) is 36.8 Å². The number of nitrogens with zero attached hydrogens (tertiary/aromatic N) is 1. The van der Waals surface area contributed by atoms with Crippen LogP contribution in [0.2, 0.25) is 0 Å². The van der Waals surface area contributed by atoms with Gasteiger partial charge in [-0.05, 0) is 44.5 Å². The molecule has 1 aromatic rings. The summed E-state index contributed by atoms with van der Waals surface area (Å²) in [7, 11) is 0. The van der Waals surface area contributed by atoms with Crippen molar-refractivity contribution in [2.75, 3.05) is 32.8 Å². The van der Waals surface area contributed by atoms with E-state index in [-0.39, 0.29) is 5.91 Å². The molecule has 2 rings (SSSR count). The van der Waals surface area contributed by atoms with Gasteiger partial charge in [0.1, 0.15) is 5.60 Å². The summed E-state index contributed by atoms with van der Waals surface area (Å²) in [5.74, 6) is 5.59. The van der Waals surface area contributed by atoms with Crippen LogP contribution in [0.1, 0.15) is 43.1 Å². The molecule has 0 aliphatic carbocycles. The minimum Gasteiger partial charge on any atom is -0.379 e.